The Labute approximate surface area is 106 Å². The van der Waals surface area contributed by atoms with Gasteiger partial charge in [-0.2, -0.15) is 0 Å². The van der Waals surface area contributed by atoms with Crippen LogP contribution in [0.1, 0.15) is 59.8 Å². The second-order valence-electron chi connectivity index (χ2n) is 4.97. The van der Waals surface area contributed by atoms with Crippen LogP contribution in [0, 0.1) is 5.41 Å². The van der Waals surface area contributed by atoms with Crippen molar-refractivity contribution in [2.75, 3.05) is 13.1 Å². The summed E-state index contributed by atoms with van der Waals surface area (Å²) in [5.74, 6) is 0. The van der Waals surface area contributed by atoms with Crippen LogP contribution in [0.3, 0.4) is 0 Å². The smallest absolute Gasteiger partial charge is 0.317 e. The number of carbonyl (C=O) groups excluding carboxylic acids is 1. The van der Waals surface area contributed by atoms with E-state index in [-0.39, 0.29) is 6.47 Å². The molecule has 0 aliphatic carbocycles. The Kier molecular flexibility index (Phi) is 14.8. The lowest BCUT2D eigenvalue weighted by molar-refractivity contribution is -0.217. The van der Waals surface area contributed by atoms with Gasteiger partial charge in [-0.05, 0) is 37.8 Å². The summed E-state index contributed by atoms with van der Waals surface area (Å²) in [7, 11) is 0. The van der Waals surface area contributed by atoms with Crippen molar-refractivity contribution in [3.05, 3.63) is 0 Å². The van der Waals surface area contributed by atoms with Crippen LogP contribution in [0.25, 0.3) is 0 Å². The first-order valence-electron chi connectivity index (χ1n) is 6.48. The van der Waals surface area contributed by atoms with Gasteiger partial charge < -0.3 is 10.2 Å². The highest BCUT2D eigenvalue weighted by Gasteiger charge is 2.15. The molecule has 0 heterocycles. The van der Waals surface area contributed by atoms with E-state index < -0.39 is 0 Å². The van der Waals surface area contributed by atoms with Crippen LogP contribution in [0.15, 0.2) is 0 Å². The highest BCUT2D eigenvalue weighted by Crippen LogP contribution is 2.25. The maximum Gasteiger partial charge on any atom is 0.330 e. The van der Waals surface area contributed by atoms with E-state index in [1.165, 1.54) is 45.2 Å². The highest BCUT2D eigenvalue weighted by molar-refractivity contribution is 5.35. The summed E-state index contributed by atoms with van der Waals surface area (Å²) in [5, 5.41) is 10.5. The number of nitrogens with one attached hydrogen (secondary N) is 1. The summed E-state index contributed by atoms with van der Waals surface area (Å²) in [5.41, 5.74) is 0.536. The summed E-state index contributed by atoms with van der Waals surface area (Å²) < 4.78 is 0. The average Bonchev–Trinajstić information content (AvgIpc) is 2.29. The summed E-state index contributed by atoms with van der Waals surface area (Å²) in [6.07, 6.45) is 6.58. The van der Waals surface area contributed by atoms with Crippen molar-refractivity contribution in [2.24, 2.45) is 5.41 Å². The van der Waals surface area contributed by atoms with E-state index in [0.717, 1.165) is 0 Å². The number of carbonyl (C=O) groups is 1. The SMILES string of the molecule is CCCCNCCC(C)(C)CCC.O=COO. The van der Waals surface area contributed by atoms with Gasteiger partial charge >= 0.3 is 6.47 Å². The van der Waals surface area contributed by atoms with Gasteiger partial charge in [-0.1, -0.05) is 40.5 Å². The summed E-state index contributed by atoms with van der Waals surface area (Å²) in [6.45, 7) is 11.6. The predicted molar refractivity (Wildman–Crippen MR) is 70.9 cm³/mol. The zero-order valence-corrected chi connectivity index (χ0v) is 11.8. The van der Waals surface area contributed by atoms with Crippen LogP contribution in [0.2, 0.25) is 0 Å². The lowest BCUT2D eigenvalue weighted by Gasteiger charge is -2.23. The van der Waals surface area contributed by atoms with E-state index in [2.05, 4.69) is 37.9 Å². The van der Waals surface area contributed by atoms with Crippen LogP contribution in [-0.4, -0.2) is 24.8 Å². The van der Waals surface area contributed by atoms with Crippen molar-refractivity contribution in [3.8, 4) is 0 Å². The fourth-order valence-electron chi connectivity index (χ4n) is 1.66. The molecule has 0 aliphatic rings. The molecule has 0 rings (SSSR count). The number of unbranched alkanes of at least 4 members (excludes halogenated alkanes) is 1. The van der Waals surface area contributed by atoms with Crippen LogP contribution in [-0.2, 0) is 9.68 Å². The predicted octanol–water partition coefficient (Wildman–Crippen LogP) is 3.22. The molecular formula is C13H29NO3. The lowest BCUT2D eigenvalue weighted by Crippen LogP contribution is -2.23. The van der Waals surface area contributed by atoms with Crippen LogP contribution < -0.4 is 5.32 Å². The summed E-state index contributed by atoms with van der Waals surface area (Å²) in [4.78, 5) is 11.6. The van der Waals surface area contributed by atoms with Gasteiger partial charge in [-0.3, -0.25) is 4.79 Å². The fourth-order valence-corrected chi connectivity index (χ4v) is 1.66. The van der Waals surface area contributed by atoms with E-state index in [9.17, 15) is 0 Å². The Morgan fingerprint density at radius 3 is 2.18 bits per heavy atom. The molecule has 4 heteroatoms. The molecule has 0 aromatic heterocycles. The number of hydrogen-bond acceptors (Lipinski definition) is 4. The first kappa shape index (κ1) is 18.7. The van der Waals surface area contributed by atoms with Gasteiger partial charge in [0.15, 0.2) is 0 Å². The van der Waals surface area contributed by atoms with E-state index in [0.29, 0.717) is 5.41 Å². The van der Waals surface area contributed by atoms with Crippen molar-refractivity contribution < 1.29 is 14.9 Å². The quantitative estimate of drug-likeness (QED) is 0.284. The Hall–Kier alpha value is -0.610. The molecule has 0 saturated carbocycles. The minimum Gasteiger partial charge on any atom is -0.317 e. The fraction of sp³-hybridized carbons (Fsp3) is 0.923. The number of rotatable bonds is 9. The Bertz CT molecular complexity index is 161. The Morgan fingerprint density at radius 2 is 1.76 bits per heavy atom. The van der Waals surface area contributed by atoms with Crippen LogP contribution in [0.4, 0.5) is 0 Å². The zero-order chi connectivity index (χ0) is 13.6. The molecule has 0 fully saturated rings. The van der Waals surface area contributed by atoms with Gasteiger partial charge in [0.25, 0.3) is 0 Å². The third-order valence-electron chi connectivity index (χ3n) is 2.66. The monoisotopic (exact) mass is 247 g/mol. The molecule has 104 valence electrons. The molecular weight excluding hydrogens is 218 g/mol. The van der Waals surface area contributed by atoms with Crippen molar-refractivity contribution in [1.29, 1.82) is 0 Å². The van der Waals surface area contributed by atoms with E-state index >= 15 is 0 Å². The van der Waals surface area contributed by atoms with Crippen molar-refractivity contribution in [1.82, 2.24) is 5.32 Å². The maximum atomic E-state index is 8.70. The average molecular weight is 247 g/mol. The second-order valence-corrected chi connectivity index (χ2v) is 4.97. The normalized spacial score (nSPS) is 10.4. The molecule has 0 unspecified atom stereocenters. The second kappa shape index (κ2) is 13.5. The first-order chi connectivity index (χ1) is 8.04. The molecule has 0 amide bonds. The molecule has 17 heavy (non-hydrogen) atoms. The Morgan fingerprint density at radius 1 is 1.18 bits per heavy atom. The lowest BCUT2D eigenvalue weighted by atomic mass is 9.85. The zero-order valence-electron chi connectivity index (χ0n) is 11.8. The number of hydrogen-bond donors (Lipinski definition) is 2. The standard InChI is InChI=1S/C12H27N.CH2O3/c1-5-7-10-13-11-9-12(3,4)8-6-2;2-1-4-3/h13H,5-11H2,1-4H3;1,3H. The van der Waals surface area contributed by atoms with Gasteiger partial charge in [-0.25, -0.2) is 5.26 Å². The molecule has 2 N–H and O–H groups in total. The highest BCUT2D eigenvalue weighted by atomic mass is 17.1. The molecule has 0 aliphatic heterocycles. The van der Waals surface area contributed by atoms with Crippen LogP contribution in [0.5, 0.6) is 0 Å². The topological polar surface area (TPSA) is 58.6 Å². The molecule has 0 aromatic rings. The third-order valence-corrected chi connectivity index (χ3v) is 2.66. The van der Waals surface area contributed by atoms with Gasteiger partial charge in [0.1, 0.15) is 0 Å². The van der Waals surface area contributed by atoms with Gasteiger partial charge in [0.2, 0.25) is 0 Å². The van der Waals surface area contributed by atoms with Gasteiger partial charge in [-0.15, -0.1) is 0 Å². The molecule has 0 atom stereocenters. The van der Waals surface area contributed by atoms with Crippen molar-refractivity contribution >= 4 is 6.47 Å². The first-order valence-corrected chi connectivity index (χ1v) is 6.48. The van der Waals surface area contributed by atoms with Crippen molar-refractivity contribution in [3.63, 3.8) is 0 Å². The minimum atomic E-state index is -0.0694. The third kappa shape index (κ3) is 18.0. The molecule has 4 nitrogen and oxygen atoms in total. The van der Waals surface area contributed by atoms with E-state index in [4.69, 9.17) is 10.1 Å². The largest absolute Gasteiger partial charge is 0.330 e. The van der Waals surface area contributed by atoms with E-state index in [1.54, 1.807) is 0 Å². The van der Waals surface area contributed by atoms with Crippen molar-refractivity contribution in [2.45, 2.75) is 59.8 Å². The van der Waals surface area contributed by atoms with Gasteiger partial charge in [0, 0.05) is 0 Å². The minimum absolute atomic E-state index is 0.0694. The molecule has 0 radical (unpaired) electrons. The maximum absolute atomic E-state index is 8.70. The molecule has 0 spiro atoms. The molecule has 0 saturated heterocycles. The van der Waals surface area contributed by atoms with E-state index in [1.807, 2.05) is 0 Å². The summed E-state index contributed by atoms with van der Waals surface area (Å²) in [6, 6.07) is 0. The van der Waals surface area contributed by atoms with Gasteiger partial charge in [0.05, 0.1) is 0 Å². The van der Waals surface area contributed by atoms with Crippen LogP contribution >= 0.6 is 0 Å². The Balaban J connectivity index is 0. The molecule has 0 aromatic carbocycles. The summed E-state index contributed by atoms with van der Waals surface area (Å²) >= 11 is 0. The molecule has 0 bridgehead atoms.